The van der Waals surface area contributed by atoms with Crippen LogP contribution in [0.3, 0.4) is 0 Å². The molecule has 5 heteroatoms. The van der Waals surface area contributed by atoms with Gasteiger partial charge in [-0.1, -0.05) is 18.2 Å². The first-order valence-corrected chi connectivity index (χ1v) is 9.55. The van der Waals surface area contributed by atoms with Gasteiger partial charge in [0, 0.05) is 41.9 Å². The molecular formula is C23H26N4O. The van der Waals surface area contributed by atoms with Gasteiger partial charge in [0.05, 0.1) is 0 Å². The van der Waals surface area contributed by atoms with Crippen LogP contribution in [0.2, 0.25) is 0 Å². The highest BCUT2D eigenvalue weighted by Crippen LogP contribution is 2.21. The van der Waals surface area contributed by atoms with Gasteiger partial charge in [0.15, 0.2) is 0 Å². The molecule has 0 aliphatic rings. The summed E-state index contributed by atoms with van der Waals surface area (Å²) in [6.07, 6.45) is 1.64. The lowest BCUT2D eigenvalue weighted by Gasteiger charge is -2.21. The lowest BCUT2D eigenvalue weighted by molar-refractivity contribution is 0.102. The van der Waals surface area contributed by atoms with Crippen molar-refractivity contribution in [3.8, 4) is 0 Å². The van der Waals surface area contributed by atoms with E-state index >= 15 is 0 Å². The SMILES string of the molecule is CCN(CC)c1ccc(Nc2cc(C(=O)Nc3ccccc3C)ccn2)cc1. The van der Waals surface area contributed by atoms with Gasteiger partial charge in [-0.15, -0.1) is 0 Å². The van der Waals surface area contributed by atoms with Crippen LogP contribution >= 0.6 is 0 Å². The Morgan fingerprint density at radius 3 is 2.39 bits per heavy atom. The summed E-state index contributed by atoms with van der Waals surface area (Å²) in [7, 11) is 0. The number of rotatable bonds is 7. The number of anilines is 4. The number of nitrogens with one attached hydrogen (secondary N) is 2. The first kappa shape index (κ1) is 19.4. The second kappa shape index (κ2) is 9.04. The van der Waals surface area contributed by atoms with Gasteiger partial charge in [0.2, 0.25) is 0 Å². The molecule has 1 amide bonds. The van der Waals surface area contributed by atoms with Crippen molar-refractivity contribution in [1.82, 2.24) is 4.98 Å². The molecule has 0 radical (unpaired) electrons. The predicted molar refractivity (Wildman–Crippen MR) is 117 cm³/mol. The third-order valence-corrected chi connectivity index (χ3v) is 4.68. The lowest BCUT2D eigenvalue weighted by Crippen LogP contribution is -2.21. The number of aromatic nitrogens is 1. The Morgan fingerprint density at radius 2 is 1.71 bits per heavy atom. The summed E-state index contributed by atoms with van der Waals surface area (Å²) in [6.45, 7) is 8.21. The first-order chi connectivity index (χ1) is 13.6. The highest BCUT2D eigenvalue weighted by Gasteiger charge is 2.09. The minimum Gasteiger partial charge on any atom is -0.372 e. The number of hydrogen-bond donors (Lipinski definition) is 2. The van der Waals surface area contributed by atoms with E-state index in [2.05, 4.69) is 46.5 Å². The summed E-state index contributed by atoms with van der Waals surface area (Å²) >= 11 is 0. The Bertz CT molecular complexity index is 933. The zero-order valence-corrected chi connectivity index (χ0v) is 16.6. The molecule has 0 saturated carbocycles. The minimum absolute atomic E-state index is 0.156. The Balaban J connectivity index is 1.71. The van der Waals surface area contributed by atoms with E-state index in [9.17, 15) is 4.79 Å². The molecule has 0 spiro atoms. The van der Waals surface area contributed by atoms with Gasteiger partial charge in [-0.3, -0.25) is 4.79 Å². The maximum absolute atomic E-state index is 12.6. The average Bonchev–Trinajstić information content (AvgIpc) is 2.72. The third-order valence-electron chi connectivity index (χ3n) is 4.68. The fourth-order valence-corrected chi connectivity index (χ4v) is 3.04. The van der Waals surface area contributed by atoms with Crippen LogP contribution in [0.25, 0.3) is 0 Å². The van der Waals surface area contributed by atoms with Gasteiger partial charge in [-0.2, -0.15) is 0 Å². The summed E-state index contributed by atoms with van der Waals surface area (Å²) in [5.41, 5.74) is 4.51. The standard InChI is InChI=1S/C23H26N4O/c1-4-27(5-2)20-12-10-19(11-13-20)25-22-16-18(14-15-24-22)23(28)26-21-9-7-6-8-17(21)3/h6-16H,4-5H2,1-3H3,(H,24,25)(H,26,28). The summed E-state index contributed by atoms with van der Waals surface area (Å²) in [6, 6.07) is 19.4. The van der Waals surface area contributed by atoms with Gasteiger partial charge in [0.1, 0.15) is 5.82 Å². The molecule has 0 aliphatic carbocycles. The summed E-state index contributed by atoms with van der Waals surface area (Å²) < 4.78 is 0. The van der Waals surface area contributed by atoms with Crippen molar-refractivity contribution in [2.45, 2.75) is 20.8 Å². The molecule has 1 aromatic heterocycles. The molecule has 0 atom stereocenters. The number of hydrogen-bond acceptors (Lipinski definition) is 4. The van der Waals surface area contributed by atoms with Crippen molar-refractivity contribution >= 4 is 28.8 Å². The van der Waals surface area contributed by atoms with Crippen molar-refractivity contribution in [3.63, 3.8) is 0 Å². The zero-order chi connectivity index (χ0) is 19.9. The second-order valence-electron chi connectivity index (χ2n) is 6.54. The number of carbonyl (C=O) groups is 1. The number of para-hydroxylation sites is 1. The molecule has 1 heterocycles. The number of nitrogens with zero attached hydrogens (tertiary/aromatic N) is 2. The van der Waals surface area contributed by atoms with Crippen LogP contribution in [0.4, 0.5) is 22.9 Å². The van der Waals surface area contributed by atoms with Gasteiger partial charge in [-0.25, -0.2) is 4.98 Å². The van der Waals surface area contributed by atoms with Crippen molar-refractivity contribution < 1.29 is 4.79 Å². The molecule has 5 nitrogen and oxygen atoms in total. The monoisotopic (exact) mass is 374 g/mol. The van der Waals surface area contributed by atoms with Gasteiger partial charge in [-0.05, 0) is 68.8 Å². The van der Waals surface area contributed by atoms with E-state index in [-0.39, 0.29) is 5.91 Å². The smallest absolute Gasteiger partial charge is 0.255 e. The fraction of sp³-hybridized carbons (Fsp3) is 0.217. The molecule has 2 aromatic carbocycles. The lowest BCUT2D eigenvalue weighted by atomic mass is 10.2. The molecule has 2 N–H and O–H groups in total. The Morgan fingerprint density at radius 1 is 1.00 bits per heavy atom. The van der Waals surface area contributed by atoms with E-state index in [1.807, 2.05) is 43.3 Å². The first-order valence-electron chi connectivity index (χ1n) is 9.55. The molecule has 28 heavy (non-hydrogen) atoms. The molecule has 0 aliphatic heterocycles. The van der Waals surface area contributed by atoms with E-state index < -0.39 is 0 Å². The second-order valence-corrected chi connectivity index (χ2v) is 6.54. The van der Waals surface area contributed by atoms with E-state index in [0.29, 0.717) is 11.4 Å². The van der Waals surface area contributed by atoms with Crippen LogP contribution in [0.15, 0.2) is 66.9 Å². The molecule has 3 rings (SSSR count). The van der Waals surface area contributed by atoms with Crippen LogP contribution in [0, 0.1) is 6.92 Å². The number of carbonyl (C=O) groups excluding carboxylic acids is 1. The van der Waals surface area contributed by atoms with Crippen LogP contribution in [-0.2, 0) is 0 Å². The molecule has 0 bridgehead atoms. The van der Waals surface area contributed by atoms with Gasteiger partial charge >= 0.3 is 0 Å². The van der Waals surface area contributed by atoms with Gasteiger partial charge < -0.3 is 15.5 Å². The third kappa shape index (κ3) is 4.68. The van der Waals surface area contributed by atoms with Crippen molar-refractivity contribution in [2.24, 2.45) is 0 Å². The minimum atomic E-state index is -0.156. The topological polar surface area (TPSA) is 57.3 Å². The molecular weight excluding hydrogens is 348 g/mol. The Kier molecular flexibility index (Phi) is 6.27. The molecule has 144 valence electrons. The number of amides is 1. The maximum atomic E-state index is 12.6. The summed E-state index contributed by atoms with van der Waals surface area (Å²) in [4.78, 5) is 19.2. The molecule has 3 aromatic rings. The van der Waals surface area contributed by atoms with E-state index in [1.54, 1.807) is 18.3 Å². The van der Waals surface area contributed by atoms with E-state index in [1.165, 1.54) is 5.69 Å². The Hall–Kier alpha value is -3.34. The Labute approximate surface area is 166 Å². The number of aryl methyl sites for hydroxylation is 1. The zero-order valence-electron chi connectivity index (χ0n) is 16.6. The van der Waals surface area contributed by atoms with E-state index in [0.717, 1.165) is 30.0 Å². The molecule has 0 fully saturated rings. The maximum Gasteiger partial charge on any atom is 0.255 e. The summed E-state index contributed by atoms with van der Waals surface area (Å²) in [5.74, 6) is 0.477. The fourth-order valence-electron chi connectivity index (χ4n) is 3.04. The van der Waals surface area contributed by atoms with Crippen LogP contribution in [0.1, 0.15) is 29.8 Å². The average molecular weight is 374 g/mol. The van der Waals surface area contributed by atoms with Crippen molar-refractivity contribution in [3.05, 3.63) is 78.0 Å². The molecule has 0 unspecified atom stereocenters. The van der Waals surface area contributed by atoms with Crippen molar-refractivity contribution in [2.75, 3.05) is 28.6 Å². The summed E-state index contributed by atoms with van der Waals surface area (Å²) in [5, 5.41) is 6.22. The van der Waals surface area contributed by atoms with Crippen molar-refractivity contribution in [1.29, 1.82) is 0 Å². The highest BCUT2D eigenvalue weighted by atomic mass is 16.1. The van der Waals surface area contributed by atoms with Crippen LogP contribution in [0.5, 0.6) is 0 Å². The highest BCUT2D eigenvalue weighted by molar-refractivity contribution is 6.05. The molecule has 0 saturated heterocycles. The quantitative estimate of drug-likeness (QED) is 0.594. The number of pyridine rings is 1. The largest absolute Gasteiger partial charge is 0.372 e. The number of benzene rings is 2. The predicted octanol–water partition coefficient (Wildman–Crippen LogP) is 5.23. The van der Waals surface area contributed by atoms with Crippen LogP contribution in [-0.4, -0.2) is 24.0 Å². The van der Waals surface area contributed by atoms with Gasteiger partial charge in [0.25, 0.3) is 5.91 Å². The van der Waals surface area contributed by atoms with Crippen LogP contribution < -0.4 is 15.5 Å². The normalized spacial score (nSPS) is 10.4. The van der Waals surface area contributed by atoms with E-state index in [4.69, 9.17) is 0 Å².